The number of hydrogen-bond donors (Lipinski definition) is 0. The molecule has 0 N–H and O–H groups in total. The first-order valence-corrected chi connectivity index (χ1v) is 35.0. The van der Waals surface area contributed by atoms with Crippen molar-refractivity contribution in [3.8, 4) is 0 Å². The van der Waals surface area contributed by atoms with Crippen molar-refractivity contribution in [2.24, 2.45) is 0 Å². The zero-order chi connectivity index (χ0) is 57.7. The van der Waals surface area contributed by atoms with E-state index in [1.165, 1.54) is 225 Å². The number of allylic oxidation sites excluding steroid dienone is 10. The number of esters is 2. The Morgan fingerprint density at radius 2 is 0.722 bits per heavy atom. The van der Waals surface area contributed by atoms with Gasteiger partial charge in [0.2, 0.25) is 0 Å². The summed E-state index contributed by atoms with van der Waals surface area (Å²) in [5.74, 6) is -0.893. The molecule has 462 valence electrons. The van der Waals surface area contributed by atoms with Crippen molar-refractivity contribution in [3.05, 3.63) is 60.8 Å². The van der Waals surface area contributed by atoms with E-state index in [0.29, 0.717) is 23.9 Å². The molecule has 0 radical (unpaired) electrons. The third-order valence-corrected chi connectivity index (χ3v) is 15.8. The van der Waals surface area contributed by atoms with Gasteiger partial charge in [-0.05, 0) is 51.4 Å². The molecular formula is C69H128NO8P. The summed E-state index contributed by atoms with van der Waals surface area (Å²) in [6, 6.07) is 0. The molecule has 0 saturated heterocycles. The monoisotopic (exact) mass is 1130 g/mol. The molecule has 0 aliphatic heterocycles. The largest absolute Gasteiger partial charge is 0.756 e. The number of nitrogens with zero attached hydrogens (tertiary/aromatic N) is 1. The van der Waals surface area contributed by atoms with Gasteiger partial charge in [-0.15, -0.1) is 0 Å². The Labute approximate surface area is 489 Å². The third kappa shape index (κ3) is 64.7. The maximum Gasteiger partial charge on any atom is 0.306 e. The fraction of sp³-hybridized carbons (Fsp3) is 0.826. The molecular weight excluding hydrogens is 1000 g/mol. The van der Waals surface area contributed by atoms with Gasteiger partial charge >= 0.3 is 11.9 Å². The number of unbranched alkanes of at least 4 members (excludes halogenated alkanes) is 38. The number of hydrogen-bond acceptors (Lipinski definition) is 8. The lowest BCUT2D eigenvalue weighted by Crippen LogP contribution is -2.37. The van der Waals surface area contributed by atoms with Crippen LogP contribution in [0.1, 0.15) is 316 Å². The summed E-state index contributed by atoms with van der Waals surface area (Å²) in [5.41, 5.74) is 0. The summed E-state index contributed by atoms with van der Waals surface area (Å²) in [6.07, 6.45) is 79.2. The number of rotatable bonds is 62. The number of carbonyl (C=O) groups excluding carboxylic acids is 2. The highest BCUT2D eigenvalue weighted by molar-refractivity contribution is 7.45. The highest BCUT2D eigenvalue weighted by atomic mass is 31.2. The zero-order valence-electron chi connectivity index (χ0n) is 52.6. The lowest BCUT2D eigenvalue weighted by molar-refractivity contribution is -0.870. The van der Waals surface area contributed by atoms with E-state index in [1.54, 1.807) is 0 Å². The molecule has 10 heteroatoms. The van der Waals surface area contributed by atoms with E-state index < -0.39 is 32.5 Å². The smallest absolute Gasteiger partial charge is 0.306 e. The van der Waals surface area contributed by atoms with E-state index in [2.05, 4.69) is 68.5 Å². The highest BCUT2D eigenvalue weighted by Crippen LogP contribution is 2.38. The van der Waals surface area contributed by atoms with Crippen molar-refractivity contribution in [2.45, 2.75) is 322 Å². The van der Waals surface area contributed by atoms with Crippen molar-refractivity contribution in [1.82, 2.24) is 0 Å². The van der Waals surface area contributed by atoms with Crippen LogP contribution in [0.5, 0.6) is 0 Å². The predicted octanol–water partition coefficient (Wildman–Crippen LogP) is 20.8. The van der Waals surface area contributed by atoms with E-state index in [9.17, 15) is 19.0 Å². The molecule has 2 atom stereocenters. The van der Waals surface area contributed by atoms with Crippen LogP contribution in [0.3, 0.4) is 0 Å². The van der Waals surface area contributed by atoms with E-state index in [0.717, 1.165) is 51.4 Å². The summed E-state index contributed by atoms with van der Waals surface area (Å²) in [4.78, 5) is 37.9. The second-order valence-corrected chi connectivity index (χ2v) is 25.2. The molecule has 2 unspecified atom stereocenters. The van der Waals surface area contributed by atoms with Crippen molar-refractivity contribution >= 4 is 19.8 Å². The predicted molar refractivity (Wildman–Crippen MR) is 337 cm³/mol. The van der Waals surface area contributed by atoms with Crippen LogP contribution in [0, 0.1) is 0 Å². The van der Waals surface area contributed by atoms with Crippen LogP contribution in [0.15, 0.2) is 60.8 Å². The molecule has 0 rings (SSSR count). The maximum absolute atomic E-state index is 12.8. The van der Waals surface area contributed by atoms with Crippen LogP contribution in [-0.2, 0) is 32.7 Å². The second-order valence-electron chi connectivity index (χ2n) is 23.8. The van der Waals surface area contributed by atoms with Gasteiger partial charge in [-0.3, -0.25) is 14.2 Å². The van der Waals surface area contributed by atoms with Gasteiger partial charge in [-0.25, -0.2) is 0 Å². The molecule has 0 heterocycles. The second kappa shape index (κ2) is 60.3. The fourth-order valence-electron chi connectivity index (χ4n) is 9.70. The first-order valence-electron chi connectivity index (χ1n) is 33.5. The molecule has 0 aliphatic carbocycles. The third-order valence-electron chi connectivity index (χ3n) is 14.8. The Morgan fingerprint density at radius 1 is 0.405 bits per heavy atom. The van der Waals surface area contributed by atoms with Gasteiger partial charge in [0.1, 0.15) is 19.8 Å². The molecule has 0 bridgehead atoms. The summed E-state index contributed by atoms with van der Waals surface area (Å²) >= 11 is 0. The van der Waals surface area contributed by atoms with E-state index >= 15 is 0 Å². The summed E-state index contributed by atoms with van der Waals surface area (Å²) in [6.45, 7) is 4.09. The van der Waals surface area contributed by atoms with E-state index in [1.807, 2.05) is 27.2 Å². The fourth-order valence-corrected chi connectivity index (χ4v) is 10.4. The van der Waals surface area contributed by atoms with Crippen LogP contribution in [0.2, 0.25) is 0 Å². The zero-order valence-corrected chi connectivity index (χ0v) is 53.5. The maximum atomic E-state index is 12.8. The lowest BCUT2D eigenvalue weighted by atomic mass is 10.0. The molecule has 9 nitrogen and oxygen atoms in total. The van der Waals surface area contributed by atoms with E-state index in [4.69, 9.17) is 18.5 Å². The van der Waals surface area contributed by atoms with Gasteiger partial charge in [0.25, 0.3) is 7.82 Å². The molecule has 0 aromatic rings. The molecule has 0 aromatic carbocycles. The first kappa shape index (κ1) is 76.7. The SMILES string of the molecule is CC/C=C\C/C=C\C/C=C\C/C=C\C/C=C\CCCC(=O)OC(COC(=O)CCCCCCCCCCCCCCCCCCCCCCCCCCCCCCCCCCCCCCCC)COP(=O)([O-])OCC[N+](C)(C)C. The van der Waals surface area contributed by atoms with Crippen LogP contribution < -0.4 is 4.89 Å². The van der Waals surface area contributed by atoms with Crippen LogP contribution in [0.25, 0.3) is 0 Å². The summed E-state index contributed by atoms with van der Waals surface area (Å²) < 4.78 is 34.1. The van der Waals surface area contributed by atoms with Crippen LogP contribution in [0.4, 0.5) is 0 Å². The molecule has 0 amide bonds. The Kier molecular flexibility index (Phi) is 58.6. The van der Waals surface area contributed by atoms with Crippen molar-refractivity contribution in [2.75, 3.05) is 47.5 Å². The topological polar surface area (TPSA) is 111 Å². The quantitative estimate of drug-likeness (QED) is 0.0195. The Morgan fingerprint density at radius 3 is 1.06 bits per heavy atom. The Balaban J connectivity index is 3.92. The molecule has 0 aliphatic rings. The molecule has 0 spiro atoms. The lowest BCUT2D eigenvalue weighted by Gasteiger charge is -2.28. The minimum atomic E-state index is -4.65. The van der Waals surface area contributed by atoms with E-state index in [-0.39, 0.29) is 26.1 Å². The molecule has 0 saturated carbocycles. The van der Waals surface area contributed by atoms with Gasteiger partial charge in [0.05, 0.1) is 27.7 Å². The van der Waals surface area contributed by atoms with Gasteiger partial charge in [-0.1, -0.05) is 312 Å². The molecule has 0 fully saturated rings. The molecule has 79 heavy (non-hydrogen) atoms. The van der Waals surface area contributed by atoms with Gasteiger partial charge < -0.3 is 27.9 Å². The number of likely N-dealkylation sites (N-methyl/N-ethyl adjacent to an activating group) is 1. The van der Waals surface area contributed by atoms with Gasteiger partial charge in [0, 0.05) is 12.8 Å². The minimum absolute atomic E-state index is 0.0424. The Hall–Kier alpha value is -2.29. The summed E-state index contributed by atoms with van der Waals surface area (Å²) in [5, 5.41) is 0. The van der Waals surface area contributed by atoms with Crippen molar-refractivity contribution < 1.29 is 42.1 Å². The standard InChI is InChI=1S/C69H128NO8P/c1-6-8-10-12-14-16-18-20-22-24-25-26-27-28-29-30-31-32-33-34-35-36-37-38-39-40-41-42-43-44-46-47-49-51-53-55-57-59-61-68(71)75-65-67(66-77-79(73,74)76-64-63-70(3,4)5)78-69(72)62-60-58-56-54-52-50-48-45-23-21-19-17-15-13-11-9-7-2/h9,11,15,17,21,23,48,50,54,56,67H,6-8,10,12-14,16,18-20,22,24-47,49,51-53,55,57-66H2,1-5H3/b11-9-,17-15-,23-21-,50-48-,56-54-. The van der Waals surface area contributed by atoms with Crippen molar-refractivity contribution in [3.63, 3.8) is 0 Å². The number of phosphoric ester groups is 1. The highest BCUT2D eigenvalue weighted by Gasteiger charge is 2.22. The summed E-state index contributed by atoms with van der Waals surface area (Å²) in [7, 11) is 1.13. The average molecular weight is 1130 g/mol. The van der Waals surface area contributed by atoms with Crippen LogP contribution >= 0.6 is 7.82 Å². The van der Waals surface area contributed by atoms with Crippen molar-refractivity contribution in [1.29, 1.82) is 0 Å². The van der Waals surface area contributed by atoms with Gasteiger partial charge in [-0.2, -0.15) is 0 Å². The first-order chi connectivity index (χ1) is 38.5. The van der Waals surface area contributed by atoms with Gasteiger partial charge in [0.15, 0.2) is 6.10 Å². The number of quaternary nitrogens is 1. The Bertz CT molecular complexity index is 1520. The number of carbonyl (C=O) groups is 2. The van der Waals surface area contributed by atoms with Crippen LogP contribution in [-0.4, -0.2) is 70.0 Å². The number of ether oxygens (including phenoxy) is 2. The number of phosphoric acid groups is 1. The molecule has 0 aromatic heterocycles. The average Bonchev–Trinajstić information content (AvgIpc) is 3.41. The minimum Gasteiger partial charge on any atom is -0.756 e. The normalized spacial score (nSPS) is 13.5.